The Morgan fingerprint density at radius 1 is 1.32 bits per heavy atom. The van der Waals surface area contributed by atoms with E-state index in [-0.39, 0.29) is 37.1 Å². The molecule has 0 spiro atoms. The van der Waals surface area contributed by atoms with Crippen LogP contribution in [0.2, 0.25) is 0 Å². The second-order valence-electron chi connectivity index (χ2n) is 7.85. The smallest absolute Gasteiger partial charge is 0.408 e. The van der Waals surface area contributed by atoms with Crippen LogP contribution < -0.4 is 16.4 Å². The third-order valence-corrected chi connectivity index (χ3v) is 3.89. The van der Waals surface area contributed by atoms with E-state index in [1.807, 2.05) is 0 Å². The van der Waals surface area contributed by atoms with Gasteiger partial charge in [0.05, 0.1) is 0 Å². The summed E-state index contributed by atoms with van der Waals surface area (Å²) >= 11 is 0. The fourth-order valence-corrected chi connectivity index (χ4v) is 2.57. The number of benzene rings is 1. The van der Waals surface area contributed by atoms with Crippen LogP contribution in [-0.4, -0.2) is 58.2 Å². The molecule has 0 fully saturated rings. The predicted octanol–water partition coefficient (Wildman–Crippen LogP) is 1.12. The average molecular weight is 438 g/mol. The number of phenolic OH excluding ortho intramolecular Hbond substituents is 1. The molecule has 2 amide bonds. The molecule has 0 saturated heterocycles. The van der Waals surface area contributed by atoms with Gasteiger partial charge in [0.1, 0.15) is 22.5 Å². The summed E-state index contributed by atoms with van der Waals surface area (Å²) in [5.41, 5.74) is 5.43. The van der Waals surface area contributed by atoms with Crippen LogP contribution in [0.5, 0.6) is 5.75 Å². The number of nitrogens with zero attached hydrogens (tertiary/aromatic N) is 3. The Morgan fingerprint density at radius 2 is 1.94 bits per heavy atom. The molecule has 0 aromatic heterocycles. The number of phenols is 1. The number of guanidine groups is 1. The molecule has 12 nitrogen and oxygen atoms in total. The molecule has 12 heteroatoms. The van der Waals surface area contributed by atoms with Crippen molar-refractivity contribution in [2.24, 2.45) is 10.8 Å². The summed E-state index contributed by atoms with van der Waals surface area (Å²) in [5.74, 6) is -0.571. The van der Waals surface area contributed by atoms with Crippen molar-refractivity contribution in [3.05, 3.63) is 39.9 Å². The number of ether oxygens (including phenoxy) is 1. The molecule has 0 aliphatic heterocycles. The van der Waals surface area contributed by atoms with Crippen LogP contribution in [0.15, 0.2) is 29.4 Å². The van der Waals surface area contributed by atoms with Gasteiger partial charge >= 0.3 is 6.09 Å². The number of alkyl carbamates (subject to hydrolysis) is 1. The second kappa shape index (κ2) is 11.6. The minimum absolute atomic E-state index is 0.120. The maximum atomic E-state index is 12.9. The Morgan fingerprint density at radius 3 is 2.48 bits per heavy atom. The zero-order chi connectivity index (χ0) is 23.6. The number of amides is 2. The molecule has 1 atom stereocenters. The quantitative estimate of drug-likeness (QED) is 0.146. The van der Waals surface area contributed by atoms with Gasteiger partial charge in [-0.2, -0.15) is 0 Å². The Balaban J connectivity index is 2.77. The van der Waals surface area contributed by atoms with E-state index in [1.54, 1.807) is 40.0 Å². The van der Waals surface area contributed by atoms with Crippen molar-refractivity contribution in [2.45, 2.75) is 51.8 Å². The van der Waals surface area contributed by atoms with Gasteiger partial charge < -0.3 is 31.1 Å². The number of carbonyl (C=O) groups is 2. The summed E-state index contributed by atoms with van der Waals surface area (Å²) in [4.78, 5) is 36.9. The summed E-state index contributed by atoms with van der Waals surface area (Å²) in [6.45, 7) is 5.61. The van der Waals surface area contributed by atoms with Crippen LogP contribution in [0.3, 0.4) is 0 Å². The number of aromatic hydroxyl groups is 1. The van der Waals surface area contributed by atoms with Gasteiger partial charge in [0.25, 0.3) is 5.96 Å². The Kier molecular flexibility index (Phi) is 9.51. The zero-order valence-electron chi connectivity index (χ0n) is 18.1. The van der Waals surface area contributed by atoms with E-state index >= 15 is 0 Å². The summed E-state index contributed by atoms with van der Waals surface area (Å²) in [6.07, 6.45) is -0.129. The first kappa shape index (κ1) is 25.5. The highest BCUT2D eigenvalue weighted by Crippen LogP contribution is 2.13. The second-order valence-corrected chi connectivity index (χ2v) is 7.85. The Bertz CT molecular complexity index is 790. The maximum absolute atomic E-state index is 12.9. The highest BCUT2D eigenvalue weighted by atomic mass is 16.7. The standard InChI is InChI=1S/C19H30N6O6/c1-19(2,3)31-18(28)22-15(6-5-11-21-17(20)23-25(29)30)16(27)24(4)12-13-7-9-14(26)10-8-13/h7-10,15,26H,5-6,11-12H2,1-4H3,(H,22,28)(H3,20,21,23)/t15-/m1/s1. The van der Waals surface area contributed by atoms with Crippen molar-refractivity contribution in [2.75, 3.05) is 13.6 Å². The van der Waals surface area contributed by atoms with E-state index in [0.29, 0.717) is 6.42 Å². The van der Waals surface area contributed by atoms with Crippen LogP contribution in [0.25, 0.3) is 0 Å². The van der Waals surface area contributed by atoms with E-state index in [2.05, 4.69) is 15.7 Å². The zero-order valence-corrected chi connectivity index (χ0v) is 18.1. The number of hydrogen-bond acceptors (Lipinski definition) is 6. The molecule has 0 aliphatic rings. The molecule has 0 radical (unpaired) electrons. The number of hydrogen-bond donors (Lipinski definition) is 4. The van der Waals surface area contributed by atoms with Gasteiger partial charge in [-0.15, -0.1) is 0 Å². The van der Waals surface area contributed by atoms with Crippen LogP contribution in [0.1, 0.15) is 39.2 Å². The van der Waals surface area contributed by atoms with Gasteiger partial charge in [-0.3, -0.25) is 4.79 Å². The molecule has 0 heterocycles. The van der Waals surface area contributed by atoms with Crippen LogP contribution in [0.4, 0.5) is 4.79 Å². The van der Waals surface area contributed by atoms with E-state index in [9.17, 15) is 24.8 Å². The third-order valence-electron chi connectivity index (χ3n) is 3.89. The first-order valence-electron chi connectivity index (χ1n) is 9.62. The number of likely N-dealkylation sites (N-methyl/N-ethyl adjacent to an activating group) is 1. The van der Waals surface area contributed by atoms with E-state index in [4.69, 9.17) is 10.5 Å². The van der Waals surface area contributed by atoms with E-state index in [0.717, 1.165) is 5.56 Å². The summed E-state index contributed by atoms with van der Waals surface area (Å²) in [7, 11) is 1.60. The van der Waals surface area contributed by atoms with Gasteiger partial charge in [0.2, 0.25) is 5.91 Å². The Labute approximate surface area is 180 Å². The van der Waals surface area contributed by atoms with Crippen LogP contribution in [-0.2, 0) is 16.1 Å². The predicted molar refractivity (Wildman–Crippen MR) is 114 cm³/mol. The molecule has 0 unspecified atom stereocenters. The van der Waals surface area contributed by atoms with Crippen molar-refractivity contribution < 1.29 is 24.5 Å². The lowest BCUT2D eigenvalue weighted by atomic mass is 10.1. The Hall–Kier alpha value is -3.57. The first-order chi connectivity index (χ1) is 14.4. The summed E-state index contributed by atoms with van der Waals surface area (Å²) in [6, 6.07) is 5.54. The molecule has 0 bridgehead atoms. The topological polar surface area (TPSA) is 172 Å². The lowest BCUT2D eigenvalue weighted by molar-refractivity contribution is -0.485. The first-order valence-corrected chi connectivity index (χ1v) is 9.62. The summed E-state index contributed by atoms with van der Waals surface area (Å²) < 4.78 is 5.24. The van der Waals surface area contributed by atoms with Gasteiger partial charge in [0.15, 0.2) is 5.03 Å². The molecular weight excluding hydrogens is 408 g/mol. The van der Waals surface area contributed by atoms with Crippen molar-refractivity contribution in [1.82, 2.24) is 15.5 Å². The number of rotatable bonds is 9. The van der Waals surface area contributed by atoms with E-state index < -0.39 is 22.8 Å². The van der Waals surface area contributed by atoms with Crippen molar-refractivity contribution in [1.29, 1.82) is 0 Å². The molecule has 31 heavy (non-hydrogen) atoms. The number of carbonyl (C=O) groups excluding carboxylic acids is 2. The largest absolute Gasteiger partial charge is 0.508 e. The molecule has 1 aromatic carbocycles. The van der Waals surface area contributed by atoms with Gasteiger partial charge in [-0.05, 0) is 51.3 Å². The highest BCUT2D eigenvalue weighted by Gasteiger charge is 2.26. The minimum atomic E-state index is -0.920. The van der Waals surface area contributed by atoms with Gasteiger partial charge in [-0.25, -0.2) is 14.9 Å². The van der Waals surface area contributed by atoms with Crippen molar-refractivity contribution >= 4 is 18.0 Å². The molecule has 0 saturated carbocycles. The molecule has 5 N–H and O–H groups in total. The number of hydrazone groups is 1. The SMILES string of the molecule is CN(Cc1ccc(O)cc1)C(=O)[C@@H](CCCNC(N)=N[N+](=O)[O-])NC(=O)OC(C)(C)C. The van der Waals surface area contributed by atoms with E-state index in [1.165, 1.54) is 17.0 Å². The highest BCUT2D eigenvalue weighted by molar-refractivity contribution is 5.85. The van der Waals surface area contributed by atoms with Crippen molar-refractivity contribution in [3.63, 3.8) is 0 Å². The monoisotopic (exact) mass is 438 g/mol. The summed E-state index contributed by atoms with van der Waals surface area (Å²) in [5, 5.41) is 26.8. The third kappa shape index (κ3) is 10.7. The fourth-order valence-electron chi connectivity index (χ4n) is 2.57. The number of nitrogens with one attached hydrogen (secondary N) is 2. The average Bonchev–Trinajstić information content (AvgIpc) is 2.63. The lowest BCUT2D eigenvalue weighted by Gasteiger charge is -2.26. The molecule has 1 rings (SSSR count). The minimum Gasteiger partial charge on any atom is -0.508 e. The van der Waals surface area contributed by atoms with Gasteiger partial charge in [-0.1, -0.05) is 12.1 Å². The lowest BCUT2D eigenvalue weighted by Crippen LogP contribution is -2.48. The normalized spacial score (nSPS) is 12.6. The number of nitrogens with two attached hydrogens (primary N) is 1. The number of nitro groups is 1. The fraction of sp³-hybridized carbons (Fsp3) is 0.526. The molecule has 1 aromatic rings. The molecule has 172 valence electrons. The van der Waals surface area contributed by atoms with Crippen LogP contribution >= 0.6 is 0 Å². The van der Waals surface area contributed by atoms with Crippen molar-refractivity contribution in [3.8, 4) is 5.75 Å². The maximum Gasteiger partial charge on any atom is 0.408 e. The van der Waals surface area contributed by atoms with Crippen LogP contribution in [0, 0.1) is 10.1 Å². The molecule has 0 aliphatic carbocycles. The molecular formula is C19H30N6O6. The van der Waals surface area contributed by atoms with Gasteiger partial charge in [0, 0.05) is 20.1 Å².